The van der Waals surface area contributed by atoms with Gasteiger partial charge in [0.25, 0.3) is 5.56 Å². The number of hydrogen-bond acceptors (Lipinski definition) is 3. The first-order valence-corrected chi connectivity index (χ1v) is 6.99. The second-order valence-corrected chi connectivity index (χ2v) is 5.28. The van der Waals surface area contributed by atoms with Crippen molar-refractivity contribution in [3.05, 3.63) is 69.7 Å². The summed E-state index contributed by atoms with van der Waals surface area (Å²) < 4.78 is 1.54. The Morgan fingerprint density at radius 1 is 1.14 bits per heavy atom. The third kappa shape index (κ3) is 2.33. The van der Waals surface area contributed by atoms with E-state index in [0.717, 1.165) is 5.69 Å². The smallest absolute Gasteiger partial charge is 0.266 e. The molecule has 0 spiro atoms. The normalized spacial score (nSPS) is 12.5. The molecule has 0 fully saturated rings. The van der Waals surface area contributed by atoms with Crippen molar-refractivity contribution in [2.75, 3.05) is 0 Å². The number of hydrogen-bond donors (Lipinski definition) is 1. The van der Waals surface area contributed by atoms with Gasteiger partial charge in [0.2, 0.25) is 0 Å². The maximum atomic E-state index is 12.8. The van der Waals surface area contributed by atoms with Crippen LogP contribution >= 0.6 is 11.6 Å². The van der Waals surface area contributed by atoms with Crippen LogP contribution in [0.2, 0.25) is 5.02 Å². The van der Waals surface area contributed by atoms with Crippen LogP contribution < -0.4 is 11.3 Å². The van der Waals surface area contributed by atoms with Crippen LogP contribution in [0.25, 0.3) is 16.6 Å². The summed E-state index contributed by atoms with van der Waals surface area (Å²) in [6.45, 7) is 1.80. The lowest BCUT2D eigenvalue weighted by Gasteiger charge is -2.16. The Bertz CT molecular complexity index is 857. The number of nitrogens with two attached hydrogens (primary N) is 1. The van der Waals surface area contributed by atoms with Crippen LogP contribution in [-0.2, 0) is 0 Å². The summed E-state index contributed by atoms with van der Waals surface area (Å²) in [5.41, 5.74) is 7.06. The van der Waals surface area contributed by atoms with Gasteiger partial charge in [0.05, 0.1) is 27.7 Å². The first kappa shape index (κ1) is 13.8. The molecule has 21 heavy (non-hydrogen) atoms. The van der Waals surface area contributed by atoms with E-state index in [2.05, 4.69) is 4.98 Å². The summed E-state index contributed by atoms with van der Waals surface area (Å²) in [5, 5.41) is 0.933. The van der Waals surface area contributed by atoms with Gasteiger partial charge < -0.3 is 5.73 Å². The second kappa shape index (κ2) is 5.31. The molecular formula is C16H14ClN3O. The fourth-order valence-corrected chi connectivity index (χ4v) is 2.54. The zero-order valence-corrected chi connectivity index (χ0v) is 12.2. The van der Waals surface area contributed by atoms with Gasteiger partial charge in [0, 0.05) is 0 Å². The zero-order valence-electron chi connectivity index (χ0n) is 11.5. The third-order valence-electron chi connectivity index (χ3n) is 3.30. The first-order chi connectivity index (χ1) is 10.1. The van der Waals surface area contributed by atoms with E-state index in [1.54, 1.807) is 29.7 Å². The van der Waals surface area contributed by atoms with Crippen molar-refractivity contribution in [2.45, 2.75) is 13.0 Å². The van der Waals surface area contributed by atoms with Crippen molar-refractivity contribution in [3.63, 3.8) is 0 Å². The van der Waals surface area contributed by atoms with Gasteiger partial charge in [-0.05, 0) is 31.2 Å². The number of para-hydroxylation sites is 2. The van der Waals surface area contributed by atoms with Crippen LogP contribution in [0, 0.1) is 0 Å². The van der Waals surface area contributed by atoms with Crippen LogP contribution in [0.3, 0.4) is 0 Å². The Kier molecular flexibility index (Phi) is 3.49. The zero-order chi connectivity index (χ0) is 15.0. The van der Waals surface area contributed by atoms with Gasteiger partial charge in [-0.2, -0.15) is 0 Å². The van der Waals surface area contributed by atoms with Gasteiger partial charge in [-0.1, -0.05) is 35.9 Å². The topological polar surface area (TPSA) is 60.9 Å². The molecule has 0 aliphatic carbocycles. The average Bonchev–Trinajstić information content (AvgIpc) is 2.48. The molecule has 106 valence electrons. The van der Waals surface area contributed by atoms with Crippen molar-refractivity contribution >= 4 is 22.5 Å². The molecule has 0 aliphatic heterocycles. The van der Waals surface area contributed by atoms with E-state index in [4.69, 9.17) is 17.3 Å². The van der Waals surface area contributed by atoms with Crippen molar-refractivity contribution in [1.82, 2.24) is 9.55 Å². The summed E-state index contributed by atoms with van der Waals surface area (Å²) in [5.74, 6) is 0.492. The number of fused-ring (bicyclic) bond motifs is 1. The molecule has 2 aromatic carbocycles. The Balaban J connectivity index is 2.46. The van der Waals surface area contributed by atoms with Gasteiger partial charge in [-0.25, -0.2) is 4.98 Å². The molecular weight excluding hydrogens is 286 g/mol. The molecule has 0 saturated carbocycles. The molecule has 5 heteroatoms. The number of benzene rings is 2. The van der Waals surface area contributed by atoms with E-state index in [1.807, 2.05) is 30.3 Å². The monoisotopic (exact) mass is 299 g/mol. The average molecular weight is 300 g/mol. The number of halogens is 1. The Hall–Kier alpha value is -2.17. The van der Waals surface area contributed by atoms with E-state index >= 15 is 0 Å². The Morgan fingerprint density at radius 2 is 1.86 bits per heavy atom. The third-order valence-corrected chi connectivity index (χ3v) is 3.60. The lowest BCUT2D eigenvalue weighted by atomic mass is 10.2. The molecule has 0 aliphatic rings. The molecule has 1 unspecified atom stereocenters. The van der Waals surface area contributed by atoms with Crippen molar-refractivity contribution in [1.29, 1.82) is 0 Å². The van der Waals surface area contributed by atoms with Crippen molar-refractivity contribution in [3.8, 4) is 5.69 Å². The maximum absolute atomic E-state index is 12.8. The quantitative estimate of drug-likeness (QED) is 0.791. The molecule has 1 atom stereocenters. The standard InChI is InChI=1S/C16H14ClN3O/c1-10(18)15-19-14-12(8-5-9-13(14)17)16(21)20(15)11-6-3-2-4-7-11/h2-10H,18H2,1H3. The molecule has 0 bridgehead atoms. The van der Waals surface area contributed by atoms with Crippen LogP contribution in [0.1, 0.15) is 18.8 Å². The summed E-state index contributed by atoms with van der Waals surface area (Å²) in [4.78, 5) is 17.3. The van der Waals surface area contributed by atoms with Gasteiger partial charge >= 0.3 is 0 Å². The fourth-order valence-electron chi connectivity index (χ4n) is 2.32. The van der Waals surface area contributed by atoms with Crippen LogP contribution in [0.15, 0.2) is 53.3 Å². The van der Waals surface area contributed by atoms with E-state index < -0.39 is 6.04 Å². The predicted octanol–water partition coefficient (Wildman–Crippen LogP) is 3.06. The van der Waals surface area contributed by atoms with Crippen LogP contribution in [-0.4, -0.2) is 9.55 Å². The maximum Gasteiger partial charge on any atom is 0.266 e. The minimum atomic E-state index is -0.390. The highest BCUT2D eigenvalue weighted by Crippen LogP contribution is 2.22. The minimum absolute atomic E-state index is 0.166. The van der Waals surface area contributed by atoms with Gasteiger partial charge in [0.1, 0.15) is 5.82 Å². The van der Waals surface area contributed by atoms with Gasteiger partial charge in [0.15, 0.2) is 0 Å². The fraction of sp³-hybridized carbons (Fsp3) is 0.125. The van der Waals surface area contributed by atoms with Gasteiger partial charge in [-0.3, -0.25) is 9.36 Å². The summed E-state index contributed by atoms with van der Waals surface area (Å²) >= 11 is 6.15. The molecule has 0 radical (unpaired) electrons. The number of aromatic nitrogens is 2. The molecule has 3 rings (SSSR count). The molecule has 1 heterocycles. The largest absolute Gasteiger partial charge is 0.322 e. The van der Waals surface area contributed by atoms with Crippen molar-refractivity contribution < 1.29 is 0 Å². The summed E-state index contributed by atoms with van der Waals surface area (Å²) in [6.07, 6.45) is 0. The lowest BCUT2D eigenvalue weighted by molar-refractivity contribution is 0.696. The highest BCUT2D eigenvalue weighted by Gasteiger charge is 2.16. The van der Waals surface area contributed by atoms with Crippen molar-refractivity contribution in [2.24, 2.45) is 5.73 Å². The lowest BCUT2D eigenvalue weighted by Crippen LogP contribution is -2.27. The Labute approximate surface area is 126 Å². The molecule has 0 amide bonds. The Morgan fingerprint density at radius 3 is 2.52 bits per heavy atom. The van der Waals surface area contributed by atoms with E-state index in [1.165, 1.54) is 0 Å². The molecule has 0 saturated heterocycles. The summed E-state index contributed by atoms with van der Waals surface area (Å²) in [6, 6.07) is 14.1. The predicted molar refractivity (Wildman–Crippen MR) is 85.0 cm³/mol. The highest BCUT2D eigenvalue weighted by molar-refractivity contribution is 6.34. The molecule has 3 aromatic rings. The van der Waals surface area contributed by atoms with Crippen LogP contribution in [0.5, 0.6) is 0 Å². The van der Waals surface area contributed by atoms with E-state index in [-0.39, 0.29) is 5.56 Å². The number of rotatable bonds is 2. The molecule has 4 nitrogen and oxygen atoms in total. The minimum Gasteiger partial charge on any atom is -0.322 e. The molecule has 2 N–H and O–H groups in total. The van der Waals surface area contributed by atoms with E-state index in [0.29, 0.717) is 21.7 Å². The van der Waals surface area contributed by atoms with E-state index in [9.17, 15) is 4.79 Å². The van der Waals surface area contributed by atoms with Gasteiger partial charge in [-0.15, -0.1) is 0 Å². The highest BCUT2D eigenvalue weighted by atomic mass is 35.5. The second-order valence-electron chi connectivity index (χ2n) is 4.87. The molecule has 1 aromatic heterocycles. The SMILES string of the molecule is CC(N)c1nc2c(Cl)cccc2c(=O)n1-c1ccccc1. The summed E-state index contributed by atoms with van der Waals surface area (Å²) in [7, 11) is 0. The van der Waals surface area contributed by atoms with Crippen LogP contribution in [0.4, 0.5) is 0 Å². The number of nitrogens with zero attached hydrogens (tertiary/aromatic N) is 2. The first-order valence-electron chi connectivity index (χ1n) is 6.62.